The maximum absolute atomic E-state index is 11.0. The van der Waals surface area contributed by atoms with E-state index in [1.807, 2.05) is 38.1 Å². The van der Waals surface area contributed by atoms with E-state index < -0.39 is 0 Å². The highest BCUT2D eigenvalue weighted by Crippen LogP contribution is 2.07. The van der Waals surface area contributed by atoms with Crippen LogP contribution in [0.2, 0.25) is 0 Å². The van der Waals surface area contributed by atoms with Gasteiger partial charge in [-0.1, -0.05) is 24.3 Å². The third-order valence-corrected chi connectivity index (χ3v) is 2.13. The van der Waals surface area contributed by atoms with Crippen LogP contribution in [-0.2, 0) is 22.6 Å². The zero-order chi connectivity index (χ0) is 12.0. The fourth-order valence-electron chi connectivity index (χ4n) is 1.25. The van der Waals surface area contributed by atoms with Crippen molar-refractivity contribution < 1.29 is 9.53 Å². The molecule has 0 saturated heterocycles. The van der Waals surface area contributed by atoms with Crippen molar-refractivity contribution in [2.24, 2.45) is 5.84 Å². The molecule has 0 spiro atoms. The molecule has 1 rings (SSSR count). The molecule has 4 nitrogen and oxygen atoms in total. The Morgan fingerprint density at radius 1 is 1.31 bits per heavy atom. The third-order valence-electron chi connectivity index (χ3n) is 2.13. The predicted molar refractivity (Wildman–Crippen MR) is 62.4 cm³/mol. The molecule has 4 heteroatoms. The fraction of sp³-hybridized carbons (Fsp3) is 0.417. The number of nitrogens with two attached hydrogens (primary N) is 1. The van der Waals surface area contributed by atoms with E-state index in [0.29, 0.717) is 13.0 Å². The van der Waals surface area contributed by atoms with Gasteiger partial charge in [0, 0.05) is 0 Å². The molecule has 0 aliphatic heterocycles. The zero-order valence-electron chi connectivity index (χ0n) is 9.69. The number of benzene rings is 1. The van der Waals surface area contributed by atoms with Gasteiger partial charge in [0.25, 0.3) is 0 Å². The van der Waals surface area contributed by atoms with Gasteiger partial charge in [-0.2, -0.15) is 0 Å². The lowest BCUT2D eigenvalue weighted by molar-refractivity contribution is -0.120. The molecular weight excluding hydrogens is 204 g/mol. The lowest BCUT2D eigenvalue weighted by atomic mass is 10.1. The SMILES string of the molecule is CC(C)OCc1ccc(CC(=O)NN)cc1. The molecule has 0 aromatic heterocycles. The minimum Gasteiger partial charge on any atom is -0.374 e. The number of hydrogen-bond acceptors (Lipinski definition) is 3. The quantitative estimate of drug-likeness (QED) is 0.446. The third kappa shape index (κ3) is 4.42. The first kappa shape index (κ1) is 12.7. The van der Waals surface area contributed by atoms with E-state index in [1.54, 1.807) is 0 Å². The molecule has 0 bridgehead atoms. The van der Waals surface area contributed by atoms with Crippen LogP contribution in [0.25, 0.3) is 0 Å². The van der Waals surface area contributed by atoms with Crippen LogP contribution in [0.5, 0.6) is 0 Å². The molecular formula is C12H18N2O2. The molecule has 0 atom stereocenters. The van der Waals surface area contributed by atoms with E-state index in [2.05, 4.69) is 5.43 Å². The van der Waals surface area contributed by atoms with Gasteiger partial charge in [-0.25, -0.2) is 5.84 Å². The van der Waals surface area contributed by atoms with Gasteiger partial charge in [0.05, 0.1) is 19.1 Å². The standard InChI is InChI=1S/C12H18N2O2/c1-9(2)16-8-11-5-3-10(4-6-11)7-12(15)14-13/h3-6,9H,7-8,13H2,1-2H3,(H,14,15). The summed E-state index contributed by atoms with van der Waals surface area (Å²) in [6.07, 6.45) is 0.532. The smallest absolute Gasteiger partial charge is 0.238 e. The van der Waals surface area contributed by atoms with Crippen LogP contribution in [0.4, 0.5) is 0 Å². The van der Waals surface area contributed by atoms with Crippen LogP contribution < -0.4 is 11.3 Å². The Hall–Kier alpha value is -1.39. The van der Waals surface area contributed by atoms with Gasteiger partial charge in [-0.05, 0) is 25.0 Å². The number of nitrogens with one attached hydrogen (secondary N) is 1. The Kier molecular flexibility index (Phi) is 4.95. The first-order chi connectivity index (χ1) is 7.61. The Balaban J connectivity index is 2.51. The molecule has 88 valence electrons. The molecule has 0 heterocycles. The van der Waals surface area contributed by atoms with Crippen molar-refractivity contribution in [1.29, 1.82) is 0 Å². The molecule has 0 radical (unpaired) electrons. The molecule has 1 aromatic rings. The summed E-state index contributed by atoms with van der Waals surface area (Å²) in [5.74, 6) is 4.82. The number of ether oxygens (including phenoxy) is 1. The van der Waals surface area contributed by atoms with Gasteiger partial charge in [0.1, 0.15) is 0 Å². The highest BCUT2D eigenvalue weighted by molar-refractivity contribution is 5.77. The second-order valence-corrected chi connectivity index (χ2v) is 3.92. The molecule has 1 aromatic carbocycles. The van der Waals surface area contributed by atoms with E-state index >= 15 is 0 Å². The summed E-state index contributed by atoms with van der Waals surface area (Å²) in [7, 11) is 0. The Labute approximate surface area is 95.8 Å². The van der Waals surface area contributed by atoms with Crippen LogP contribution in [0, 0.1) is 0 Å². The van der Waals surface area contributed by atoms with Gasteiger partial charge in [-0.3, -0.25) is 10.2 Å². The molecule has 0 saturated carbocycles. The predicted octanol–water partition coefficient (Wildman–Crippen LogP) is 1.14. The van der Waals surface area contributed by atoms with Crippen LogP contribution in [0.15, 0.2) is 24.3 Å². The Morgan fingerprint density at radius 3 is 2.38 bits per heavy atom. The van der Waals surface area contributed by atoms with Gasteiger partial charge in [0.2, 0.25) is 5.91 Å². The Bertz CT molecular complexity index is 333. The average Bonchev–Trinajstić information content (AvgIpc) is 2.28. The van der Waals surface area contributed by atoms with E-state index in [0.717, 1.165) is 11.1 Å². The molecule has 0 aliphatic rings. The highest BCUT2D eigenvalue weighted by atomic mass is 16.5. The van der Waals surface area contributed by atoms with Gasteiger partial charge >= 0.3 is 0 Å². The summed E-state index contributed by atoms with van der Waals surface area (Å²) in [4.78, 5) is 11.0. The normalized spacial score (nSPS) is 10.5. The van der Waals surface area contributed by atoms with E-state index in [4.69, 9.17) is 10.6 Å². The minimum atomic E-state index is -0.189. The first-order valence-electron chi connectivity index (χ1n) is 5.30. The fourth-order valence-corrected chi connectivity index (χ4v) is 1.25. The lowest BCUT2D eigenvalue weighted by Gasteiger charge is -2.08. The van der Waals surface area contributed by atoms with Crippen LogP contribution in [0.3, 0.4) is 0 Å². The van der Waals surface area contributed by atoms with Gasteiger partial charge < -0.3 is 4.74 Å². The van der Waals surface area contributed by atoms with Crippen molar-refractivity contribution in [3.63, 3.8) is 0 Å². The van der Waals surface area contributed by atoms with Crippen molar-refractivity contribution >= 4 is 5.91 Å². The van der Waals surface area contributed by atoms with Gasteiger partial charge in [-0.15, -0.1) is 0 Å². The van der Waals surface area contributed by atoms with Crippen molar-refractivity contribution in [1.82, 2.24) is 5.43 Å². The van der Waals surface area contributed by atoms with Crippen molar-refractivity contribution in [2.45, 2.75) is 33.0 Å². The second-order valence-electron chi connectivity index (χ2n) is 3.92. The van der Waals surface area contributed by atoms with Crippen LogP contribution >= 0.6 is 0 Å². The van der Waals surface area contributed by atoms with E-state index in [1.165, 1.54) is 0 Å². The zero-order valence-corrected chi connectivity index (χ0v) is 9.69. The number of carbonyl (C=O) groups is 1. The highest BCUT2D eigenvalue weighted by Gasteiger charge is 2.01. The molecule has 16 heavy (non-hydrogen) atoms. The number of amides is 1. The second kappa shape index (κ2) is 6.25. The van der Waals surface area contributed by atoms with Crippen LogP contribution in [-0.4, -0.2) is 12.0 Å². The summed E-state index contributed by atoms with van der Waals surface area (Å²) in [6.45, 7) is 4.60. The topological polar surface area (TPSA) is 64.3 Å². The first-order valence-corrected chi connectivity index (χ1v) is 5.30. The summed E-state index contributed by atoms with van der Waals surface area (Å²) >= 11 is 0. The molecule has 3 N–H and O–H groups in total. The maximum Gasteiger partial charge on any atom is 0.238 e. The molecule has 1 amide bonds. The van der Waals surface area contributed by atoms with E-state index in [9.17, 15) is 4.79 Å². The largest absolute Gasteiger partial charge is 0.374 e. The van der Waals surface area contributed by atoms with Crippen molar-refractivity contribution in [3.8, 4) is 0 Å². The number of rotatable bonds is 5. The number of carbonyl (C=O) groups excluding carboxylic acids is 1. The maximum atomic E-state index is 11.0. The average molecular weight is 222 g/mol. The van der Waals surface area contributed by atoms with Crippen LogP contribution in [0.1, 0.15) is 25.0 Å². The van der Waals surface area contributed by atoms with E-state index in [-0.39, 0.29) is 12.0 Å². The molecule has 0 unspecified atom stereocenters. The number of hydrogen-bond donors (Lipinski definition) is 2. The summed E-state index contributed by atoms with van der Waals surface area (Å²) < 4.78 is 5.47. The van der Waals surface area contributed by atoms with Crippen molar-refractivity contribution in [3.05, 3.63) is 35.4 Å². The Morgan fingerprint density at radius 2 is 1.88 bits per heavy atom. The minimum absolute atomic E-state index is 0.189. The summed E-state index contributed by atoms with van der Waals surface area (Å²) in [6, 6.07) is 7.74. The number of hydrazine groups is 1. The molecule has 0 aliphatic carbocycles. The summed E-state index contributed by atoms with van der Waals surface area (Å²) in [5, 5.41) is 0. The van der Waals surface area contributed by atoms with Crippen molar-refractivity contribution in [2.75, 3.05) is 0 Å². The molecule has 0 fully saturated rings. The monoisotopic (exact) mass is 222 g/mol. The van der Waals surface area contributed by atoms with Gasteiger partial charge in [0.15, 0.2) is 0 Å². The lowest BCUT2D eigenvalue weighted by Crippen LogP contribution is -2.31. The summed E-state index contributed by atoms with van der Waals surface area (Å²) in [5.41, 5.74) is 4.15.